The number of rotatable bonds is 7. The Bertz CT molecular complexity index is 1310. The second kappa shape index (κ2) is 11.2. The number of hydrogen-bond acceptors (Lipinski definition) is 12. The molecule has 0 N–H and O–H groups in total. The lowest BCUT2D eigenvalue weighted by Crippen LogP contribution is -2.63. The number of benzene rings is 1. The molecule has 1 saturated heterocycles. The summed E-state index contributed by atoms with van der Waals surface area (Å²) in [7, 11) is 0. The third-order valence-electron chi connectivity index (χ3n) is 6.15. The number of ether oxygens (including phenoxy) is 6. The third kappa shape index (κ3) is 5.96. The molecule has 5 atom stereocenters. The molecular formula is C26H28O12. The summed E-state index contributed by atoms with van der Waals surface area (Å²) in [6.07, 6.45) is -4.29. The minimum absolute atomic E-state index is 0.194. The van der Waals surface area contributed by atoms with Gasteiger partial charge in [-0.1, -0.05) is 0 Å². The van der Waals surface area contributed by atoms with E-state index in [1.165, 1.54) is 13.0 Å². The number of esters is 4. The highest BCUT2D eigenvalue weighted by atomic mass is 16.7. The molecule has 1 aliphatic heterocycles. The van der Waals surface area contributed by atoms with Crippen LogP contribution in [-0.2, 0) is 55.7 Å². The maximum Gasteiger partial charge on any atom is 0.339 e. The van der Waals surface area contributed by atoms with Crippen molar-refractivity contribution in [2.45, 2.75) is 77.7 Å². The summed E-state index contributed by atoms with van der Waals surface area (Å²) in [6.45, 7) is 4.21. The first-order valence-electron chi connectivity index (χ1n) is 12.1. The van der Waals surface area contributed by atoms with Gasteiger partial charge in [0.1, 0.15) is 24.0 Å². The Balaban J connectivity index is 1.71. The van der Waals surface area contributed by atoms with Gasteiger partial charge in [0, 0.05) is 44.7 Å². The Morgan fingerprint density at radius 3 is 2.13 bits per heavy atom. The number of hydrogen-bond donors (Lipinski definition) is 0. The van der Waals surface area contributed by atoms with Crippen LogP contribution in [0, 0.1) is 0 Å². The van der Waals surface area contributed by atoms with Crippen molar-refractivity contribution in [2.24, 2.45) is 0 Å². The molecule has 38 heavy (non-hydrogen) atoms. The predicted octanol–water partition coefficient (Wildman–Crippen LogP) is 1.74. The third-order valence-corrected chi connectivity index (χ3v) is 6.15. The van der Waals surface area contributed by atoms with Crippen LogP contribution in [0.25, 0.3) is 11.0 Å². The van der Waals surface area contributed by atoms with Crippen LogP contribution in [-0.4, -0.2) is 61.2 Å². The minimum atomic E-state index is -1.39. The summed E-state index contributed by atoms with van der Waals surface area (Å²) >= 11 is 0. The fourth-order valence-corrected chi connectivity index (χ4v) is 4.76. The summed E-state index contributed by atoms with van der Waals surface area (Å²) in [6, 6.07) is 4.89. The Hall–Kier alpha value is -3.93. The Kier molecular flexibility index (Phi) is 8.00. The van der Waals surface area contributed by atoms with Crippen LogP contribution < -0.4 is 10.4 Å². The maximum atomic E-state index is 12.4. The first-order chi connectivity index (χ1) is 18.0. The smallest absolute Gasteiger partial charge is 0.339 e. The minimum Gasteiger partial charge on any atom is -0.463 e. The van der Waals surface area contributed by atoms with E-state index in [9.17, 15) is 24.0 Å². The van der Waals surface area contributed by atoms with E-state index < -0.39 is 60.2 Å². The molecule has 1 aliphatic carbocycles. The quantitative estimate of drug-likeness (QED) is 0.290. The topological polar surface area (TPSA) is 154 Å². The lowest BCUT2D eigenvalue weighted by atomic mass is 9.98. The molecule has 2 heterocycles. The van der Waals surface area contributed by atoms with Gasteiger partial charge in [0.05, 0.1) is 0 Å². The van der Waals surface area contributed by atoms with Crippen LogP contribution in [0.5, 0.6) is 5.75 Å². The van der Waals surface area contributed by atoms with Crippen LogP contribution in [0.3, 0.4) is 0 Å². The molecule has 1 fully saturated rings. The second-order valence-corrected chi connectivity index (χ2v) is 9.04. The Morgan fingerprint density at radius 1 is 0.842 bits per heavy atom. The molecule has 0 spiro atoms. The van der Waals surface area contributed by atoms with Gasteiger partial charge in [-0.25, -0.2) is 4.79 Å². The average molecular weight is 532 g/mol. The van der Waals surface area contributed by atoms with Crippen molar-refractivity contribution < 1.29 is 52.0 Å². The van der Waals surface area contributed by atoms with Gasteiger partial charge in [0.25, 0.3) is 0 Å². The van der Waals surface area contributed by atoms with Gasteiger partial charge in [-0.05, 0) is 37.0 Å². The van der Waals surface area contributed by atoms with Gasteiger partial charge < -0.3 is 32.8 Å². The maximum absolute atomic E-state index is 12.4. The van der Waals surface area contributed by atoms with E-state index in [1.54, 1.807) is 12.1 Å². The SMILES string of the molecule is CC(=O)OC[C@@H]1O[C@@H](Oc2ccc3c4c(c(=O)oc3c2)CCC4)[C@H](OC(C)=O)[C@@H](OC(C)=O)[C@@H]1OC(C)=O. The normalized spacial score (nSPS) is 24.3. The highest BCUT2D eigenvalue weighted by Crippen LogP contribution is 2.33. The van der Waals surface area contributed by atoms with Gasteiger partial charge >= 0.3 is 29.5 Å². The zero-order valence-electron chi connectivity index (χ0n) is 21.3. The van der Waals surface area contributed by atoms with E-state index in [1.807, 2.05) is 0 Å². The highest BCUT2D eigenvalue weighted by molar-refractivity contribution is 5.83. The molecule has 0 unspecified atom stereocenters. The van der Waals surface area contributed by atoms with E-state index in [0.717, 1.165) is 44.6 Å². The molecule has 0 saturated carbocycles. The zero-order chi connectivity index (χ0) is 27.6. The van der Waals surface area contributed by atoms with Gasteiger partial charge in [-0.2, -0.15) is 0 Å². The van der Waals surface area contributed by atoms with Crippen molar-refractivity contribution in [2.75, 3.05) is 6.61 Å². The van der Waals surface area contributed by atoms with E-state index in [-0.39, 0.29) is 12.4 Å². The molecule has 0 amide bonds. The van der Waals surface area contributed by atoms with E-state index >= 15 is 0 Å². The monoisotopic (exact) mass is 532 g/mol. The first-order valence-corrected chi connectivity index (χ1v) is 12.1. The Labute approximate surface area is 217 Å². The molecule has 1 aromatic heterocycles. The Morgan fingerprint density at radius 2 is 1.47 bits per heavy atom. The van der Waals surface area contributed by atoms with Crippen molar-refractivity contribution in [3.63, 3.8) is 0 Å². The van der Waals surface area contributed by atoms with Crippen molar-refractivity contribution in [3.05, 3.63) is 39.7 Å². The van der Waals surface area contributed by atoms with E-state index in [0.29, 0.717) is 17.6 Å². The highest BCUT2D eigenvalue weighted by Gasteiger charge is 2.53. The summed E-state index contributed by atoms with van der Waals surface area (Å²) in [5.74, 6) is -2.67. The van der Waals surface area contributed by atoms with Crippen molar-refractivity contribution in [3.8, 4) is 5.75 Å². The molecule has 12 nitrogen and oxygen atoms in total. The number of aryl methyl sites for hydroxylation is 1. The van der Waals surface area contributed by atoms with Crippen LogP contribution in [0.1, 0.15) is 45.2 Å². The molecule has 1 aromatic carbocycles. The van der Waals surface area contributed by atoms with Crippen LogP contribution >= 0.6 is 0 Å². The standard InChI is InChI=1S/C26H28O12/c1-12(27)32-11-21-22(33-13(2)28)23(34-14(3)29)24(35-15(4)30)26(38-21)36-16-8-9-18-17-6-5-7-19(17)25(31)37-20(18)10-16/h8-10,21-24,26H,5-7,11H2,1-4H3/t21-,22+,23-,24+,26+/m0/s1. The molecule has 2 aromatic rings. The van der Waals surface area contributed by atoms with Crippen LogP contribution in [0.2, 0.25) is 0 Å². The summed E-state index contributed by atoms with van der Waals surface area (Å²) in [5.41, 5.74) is 1.51. The fraction of sp³-hybridized carbons (Fsp3) is 0.500. The van der Waals surface area contributed by atoms with Crippen molar-refractivity contribution in [1.82, 2.24) is 0 Å². The van der Waals surface area contributed by atoms with E-state index in [2.05, 4.69) is 0 Å². The van der Waals surface area contributed by atoms with E-state index in [4.69, 9.17) is 32.8 Å². The lowest BCUT2D eigenvalue weighted by molar-refractivity contribution is -0.288. The van der Waals surface area contributed by atoms with Crippen LogP contribution in [0.4, 0.5) is 0 Å². The molecule has 0 radical (unpaired) electrons. The van der Waals surface area contributed by atoms with Gasteiger partial charge in [0.15, 0.2) is 12.2 Å². The second-order valence-electron chi connectivity index (χ2n) is 9.04. The van der Waals surface area contributed by atoms with Crippen molar-refractivity contribution >= 4 is 34.8 Å². The molecular weight excluding hydrogens is 504 g/mol. The molecule has 4 rings (SSSR count). The molecule has 12 heteroatoms. The zero-order valence-corrected chi connectivity index (χ0v) is 21.3. The largest absolute Gasteiger partial charge is 0.463 e. The summed E-state index contributed by atoms with van der Waals surface area (Å²) < 4.78 is 38.7. The summed E-state index contributed by atoms with van der Waals surface area (Å²) in [4.78, 5) is 59.7. The molecule has 0 bridgehead atoms. The number of carbonyl (C=O) groups is 4. The average Bonchev–Trinajstić information content (AvgIpc) is 3.32. The first kappa shape index (κ1) is 27.1. The number of fused-ring (bicyclic) bond motifs is 3. The predicted molar refractivity (Wildman–Crippen MR) is 127 cm³/mol. The fourth-order valence-electron chi connectivity index (χ4n) is 4.76. The van der Waals surface area contributed by atoms with Gasteiger partial charge in [-0.3, -0.25) is 19.2 Å². The molecule has 204 valence electrons. The number of carbonyl (C=O) groups excluding carboxylic acids is 4. The van der Waals surface area contributed by atoms with Gasteiger partial charge in [0.2, 0.25) is 12.4 Å². The summed E-state index contributed by atoms with van der Waals surface area (Å²) in [5, 5.41) is 0.783. The van der Waals surface area contributed by atoms with Crippen molar-refractivity contribution in [1.29, 1.82) is 0 Å². The lowest BCUT2D eigenvalue weighted by Gasteiger charge is -2.43. The molecule has 2 aliphatic rings. The van der Waals surface area contributed by atoms with Gasteiger partial charge in [-0.15, -0.1) is 0 Å². The van der Waals surface area contributed by atoms with Crippen LogP contribution in [0.15, 0.2) is 27.4 Å².